The van der Waals surface area contributed by atoms with Gasteiger partial charge in [-0.3, -0.25) is 25.8 Å². The SMILES string of the molecule is O=C(NNc1ccc(C(F)(F)F)cc1[N+](=O)[O-])c1ccc(S(=O)(=O)NCc2ccco2)cc1. The van der Waals surface area contributed by atoms with Crippen molar-refractivity contribution in [3.8, 4) is 0 Å². The highest BCUT2D eigenvalue weighted by Crippen LogP contribution is 2.34. The molecule has 33 heavy (non-hydrogen) atoms. The third-order valence-electron chi connectivity index (χ3n) is 4.28. The summed E-state index contributed by atoms with van der Waals surface area (Å²) in [7, 11) is -3.89. The number of alkyl halides is 3. The lowest BCUT2D eigenvalue weighted by atomic mass is 10.1. The number of nitro benzene ring substituents is 1. The van der Waals surface area contributed by atoms with Crippen LogP contribution >= 0.6 is 0 Å². The third kappa shape index (κ3) is 5.87. The summed E-state index contributed by atoms with van der Waals surface area (Å²) in [5.41, 5.74) is 1.82. The molecule has 0 bridgehead atoms. The van der Waals surface area contributed by atoms with Crippen molar-refractivity contribution in [2.75, 3.05) is 5.43 Å². The van der Waals surface area contributed by atoms with Crippen molar-refractivity contribution in [2.24, 2.45) is 0 Å². The molecule has 0 aliphatic carbocycles. The fourth-order valence-electron chi connectivity index (χ4n) is 2.61. The van der Waals surface area contributed by atoms with E-state index in [-0.39, 0.29) is 22.7 Å². The van der Waals surface area contributed by atoms with Crippen molar-refractivity contribution < 1.29 is 35.7 Å². The van der Waals surface area contributed by atoms with E-state index in [9.17, 15) is 36.5 Å². The smallest absolute Gasteiger partial charge is 0.416 e. The number of carbonyl (C=O) groups excluding carboxylic acids is 1. The first kappa shape index (κ1) is 23.7. The van der Waals surface area contributed by atoms with Gasteiger partial charge >= 0.3 is 6.18 Å². The van der Waals surface area contributed by atoms with Crippen LogP contribution in [0, 0.1) is 10.1 Å². The summed E-state index contributed by atoms with van der Waals surface area (Å²) in [6.45, 7) is -0.0760. The highest BCUT2D eigenvalue weighted by Gasteiger charge is 2.33. The van der Waals surface area contributed by atoms with Crippen molar-refractivity contribution in [3.63, 3.8) is 0 Å². The molecule has 174 valence electrons. The molecule has 0 spiro atoms. The van der Waals surface area contributed by atoms with Gasteiger partial charge in [0.1, 0.15) is 11.4 Å². The maximum absolute atomic E-state index is 12.8. The number of benzene rings is 2. The Morgan fingerprint density at radius 1 is 1.09 bits per heavy atom. The van der Waals surface area contributed by atoms with Crippen LogP contribution in [-0.2, 0) is 22.7 Å². The number of nitro groups is 1. The number of hydrazine groups is 1. The second-order valence-corrected chi connectivity index (χ2v) is 8.26. The Balaban J connectivity index is 1.67. The van der Waals surface area contributed by atoms with E-state index in [0.717, 1.165) is 6.07 Å². The van der Waals surface area contributed by atoms with Crippen LogP contribution in [-0.4, -0.2) is 19.2 Å². The number of furan rings is 1. The minimum Gasteiger partial charge on any atom is -0.468 e. The average molecular weight is 484 g/mol. The minimum absolute atomic E-state index is 0.0120. The Morgan fingerprint density at radius 3 is 2.36 bits per heavy atom. The van der Waals surface area contributed by atoms with Crippen LogP contribution in [0.1, 0.15) is 21.7 Å². The molecule has 2 aromatic carbocycles. The lowest BCUT2D eigenvalue weighted by molar-refractivity contribution is -0.384. The molecule has 3 rings (SSSR count). The fourth-order valence-corrected chi connectivity index (χ4v) is 3.60. The standard InChI is InChI=1S/C19H15F3N4O6S/c20-19(21,22)13-5-8-16(17(10-13)26(28)29)24-25-18(27)12-3-6-15(7-4-12)33(30,31)23-11-14-2-1-9-32-14/h1-10,23-24H,11H2,(H,25,27). The van der Waals surface area contributed by atoms with Gasteiger partial charge in [-0.2, -0.15) is 13.2 Å². The van der Waals surface area contributed by atoms with Crippen molar-refractivity contribution in [1.29, 1.82) is 0 Å². The van der Waals surface area contributed by atoms with E-state index < -0.39 is 38.3 Å². The summed E-state index contributed by atoms with van der Waals surface area (Å²) in [6.07, 6.45) is -3.38. The zero-order valence-electron chi connectivity index (χ0n) is 16.4. The summed E-state index contributed by atoms with van der Waals surface area (Å²) in [4.78, 5) is 22.2. The van der Waals surface area contributed by atoms with E-state index in [0.29, 0.717) is 17.9 Å². The van der Waals surface area contributed by atoms with Crippen LogP contribution in [0.4, 0.5) is 24.5 Å². The second-order valence-electron chi connectivity index (χ2n) is 6.49. The molecule has 3 N–H and O–H groups in total. The van der Waals surface area contributed by atoms with Gasteiger partial charge < -0.3 is 4.42 Å². The van der Waals surface area contributed by atoms with Crippen molar-refractivity contribution >= 4 is 27.3 Å². The number of sulfonamides is 1. The van der Waals surface area contributed by atoms with Gasteiger partial charge in [0.2, 0.25) is 10.0 Å². The average Bonchev–Trinajstić information content (AvgIpc) is 3.29. The normalized spacial score (nSPS) is 11.7. The van der Waals surface area contributed by atoms with Gasteiger partial charge in [-0.1, -0.05) is 0 Å². The van der Waals surface area contributed by atoms with Gasteiger partial charge in [0, 0.05) is 11.6 Å². The second kappa shape index (κ2) is 9.30. The molecule has 1 aromatic heterocycles. The summed E-state index contributed by atoms with van der Waals surface area (Å²) >= 11 is 0. The van der Waals surface area contributed by atoms with E-state index >= 15 is 0 Å². The highest BCUT2D eigenvalue weighted by atomic mass is 32.2. The first-order valence-electron chi connectivity index (χ1n) is 9.01. The van der Waals surface area contributed by atoms with Crippen LogP contribution in [0.2, 0.25) is 0 Å². The molecule has 1 heterocycles. The van der Waals surface area contributed by atoms with Crippen molar-refractivity contribution in [3.05, 3.63) is 87.9 Å². The number of amides is 1. The topological polar surface area (TPSA) is 144 Å². The Morgan fingerprint density at radius 2 is 1.79 bits per heavy atom. The van der Waals surface area contributed by atoms with Gasteiger partial charge in [0.05, 0.1) is 28.2 Å². The van der Waals surface area contributed by atoms with E-state index in [1.807, 2.05) is 0 Å². The number of nitrogens with zero attached hydrogens (tertiary/aromatic N) is 1. The molecule has 0 saturated carbocycles. The van der Waals surface area contributed by atoms with Crippen molar-refractivity contribution in [1.82, 2.24) is 10.1 Å². The maximum Gasteiger partial charge on any atom is 0.416 e. The molecule has 0 aliphatic rings. The summed E-state index contributed by atoms with van der Waals surface area (Å²) < 4.78 is 70.3. The quantitative estimate of drug-likeness (QED) is 0.328. The Labute approximate surface area is 184 Å². The van der Waals surface area contributed by atoms with E-state index in [1.165, 1.54) is 30.5 Å². The molecule has 0 fully saturated rings. The van der Waals surface area contributed by atoms with Crippen LogP contribution < -0.4 is 15.6 Å². The Kier molecular flexibility index (Phi) is 6.69. The summed E-state index contributed by atoms with van der Waals surface area (Å²) in [6, 6.07) is 9.68. The molecule has 0 radical (unpaired) electrons. The molecule has 0 atom stereocenters. The molecule has 0 unspecified atom stereocenters. The number of carbonyl (C=O) groups is 1. The molecule has 1 amide bonds. The van der Waals surface area contributed by atoms with Crippen LogP contribution in [0.25, 0.3) is 0 Å². The Hall–Kier alpha value is -3.91. The van der Waals surface area contributed by atoms with E-state index in [1.54, 1.807) is 12.1 Å². The molecule has 14 heteroatoms. The molecule has 0 aliphatic heterocycles. The third-order valence-corrected chi connectivity index (χ3v) is 5.69. The van der Waals surface area contributed by atoms with Crippen molar-refractivity contribution in [2.45, 2.75) is 17.6 Å². The molecule has 3 aromatic rings. The zero-order valence-corrected chi connectivity index (χ0v) is 17.2. The number of rotatable bonds is 8. The maximum atomic E-state index is 12.8. The number of hydrogen-bond donors (Lipinski definition) is 3. The molecule has 0 saturated heterocycles. The number of halogens is 3. The van der Waals surface area contributed by atoms with Crippen LogP contribution in [0.15, 0.2) is 70.2 Å². The minimum atomic E-state index is -4.78. The van der Waals surface area contributed by atoms with E-state index in [4.69, 9.17) is 4.42 Å². The van der Waals surface area contributed by atoms with E-state index in [2.05, 4.69) is 15.6 Å². The van der Waals surface area contributed by atoms with Crippen LogP contribution in [0.3, 0.4) is 0 Å². The van der Waals surface area contributed by atoms with Gasteiger partial charge in [-0.15, -0.1) is 0 Å². The van der Waals surface area contributed by atoms with Gasteiger partial charge in [-0.25, -0.2) is 13.1 Å². The lowest BCUT2D eigenvalue weighted by Crippen LogP contribution is -2.30. The molecular weight excluding hydrogens is 469 g/mol. The fraction of sp³-hybridized carbons (Fsp3) is 0.105. The predicted octanol–water partition coefficient (Wildman–Crippen LogP) is 3.44. The number of anilines is 1. The van der Waals surface area contributed by atoms with Gasteiger partial charge in [-0.05, 0) is 48.5 Å². The lowest BCUT2D eigenvalue weighted by Gasteiger charge is -2.12. The highest BCUT2D eigenvalue weighted by molar-refractivity contribution is 7.89. The summed E-state index contributed by atoms with van der Waals surface area (Å²) in [5.74, 6) is -0.408. The predicted molar refractivity (Wildman–Crippen MR) is 108 cm³/mol. The van der Waals surface area contributed by atoms with Gasteiger partial charge in [0.15, 0.2) is 0 Å². The Bertz CT molecular complexity index is 1260. The first-order chi connectivity index (χ1) is 15.5. The monoisotopic (exact) mass is 484 g/mol. The number of hydrogen-bond acceptors (Lipinski definition) is 7. The molecule has 10 nitrogen and oxygen atoms in total. The summed E-state index contributed by atoms with van der Waals surface area (Å²) in [5, 5.41) is 11.1. The molecular formula is C19H15F3N4O6S. The van der Waals surface area contributed by atoms with Crippen LogP contribution in [0.5, 0.6) is 0 Å². The first-order valence-corrected chi connectivity index (χ1v) is 10.5. The number of nitrogens with one attached hydrogen (secondary N) is 3. The van der Waals surface area contributed by atoms with Gasteiger partial charge in [0.25, 0.3) is 11.6 Å². The largest absolute Gasteiger partial charge is 0.468 e. The zero-order chi connectivity index (χ0) is 24.2.